The van der Waals surface area contributed by atoms with Crippen molar-refractivity contribution in [3.05, 3.63) is 28.8 Å². The van der Waals surface area contributed by atoms with Gasteiger partial charge in [-0.1, -0.05) is 24.1 Å². The first-order chi connectivity index (χ1) is 8.58. The van der Waals surface area contributed by atoms with Gasteiger partial charge in [0, 0.05) is 25.3 Å². The summed E-state index contributed by atoms with van der Waals surface area (Å²) in [5, 5.41) is 3.63. The molecule has 18 heavy (non-hydrogen) atoms. The number of hydrogen-bond acceptors (Lipinski definition) is 2. The van der Waals surface area contributed by atoms with Crippen LogP contribution in [0.15, 0.2) is 12.1 Å². The lowest BCUT2D eigenvalue weighted by Gasteiger charge is -2.31. The lowest BCUT2D eigenvalue weighted by atomic mass is 10.0. The normalized spacial score (nSPS) is 19.9. The van der Waals surface area contributed by atoms with Crippen LogP contribution in [-0.2, 0) is 0 Å². The fourth-order valence-electron chi connectivity index (χ4n) is 3.28. The van der Waals surface area contributed by atoms with Crippen LogP contribution in [0.25, 0.3) is 0 Å². The van der Waals surface area contributed by atoms with E-state index in [0.29, 0.717) is 6.04 Å². The zero-order chi connectivity index (χ0) is 13.1. The van der Waals surface area contributed by atoms with Gasteiger partial charge in [-0.25, -0.2) is 0 Å². The van der Waals surface area contributed by atoms with Crippen LogP contribution in [0.4, 0.5) is 5.69 Å². The topological polar surface area (TPSA) is 15.3 Å². The monoisotopic (exact) mass is 246 g/mol. The summed E-state index contributed by atoms with van der Waals surface area (Å²) in [7, 11) is 2.22. The quantitative estimate of drug-likeness (QED) is 0.881. The van der Waals surface area contributed by atoms with Crippen LogP contribution in [0.3, 0.4) is 0 Å². The molecule has 0 aromatic heterocycles. The summed E-state index contributed by atoms with van der Waals surface area (Å²) < 4.78 is 0. The Morgan fingerprint density at radius 3 is 2.39 bits per heavy atom. The van der Waals surface area contributed by atoms with E-state index in [1.807, 2.05) is 0 Å². The number of benzene rings is 1. The predicted octanol–water partition coefficient (Wildman–Crippen LogP) is 3.19. The maximum atomic E-state index is 3.63. The molecule has 0 radical (unpaired) electrons. The third-order valence-corrected chi connectivity index (χ3v) is 3.92. The van der Waals surface area contributed by atoms with Gasteiger partial charge in [0.05, 0.1) is 0 Å². The lowest BCUT2D eigenvalue weighted by molar-refractivity contribution is 0.403. The maximum absolute atomic E-state index is 3.63. The molecule has 0 aliphatic carbocycles. The molecule has 1 unspecified atom stereocenters. The van der Waals surface area contributed by atoms with E-state index in [-0.39, 0.29) is 0 Å². The van der Waals surface area contributed by atoms with Crippen molar-refractivity contribution in [1.29, 1.82) is 0 Å². The first-order valence-electron chi connectivity index (χ1n) is 7.10. The van der Waals surface area contributed by atoms with E-state index in [1.54, 1.807) is 0 Å². The number of nitrogens with zero attached hydrogens (tertiary/aromatic N) is 1. The number of nitrogens with one attached hydrogen (secondary N) is 1. The maximum Gasteiger partial charge on any atom is 0.0423 e. The molecule has 100 valence electrons. The average molecular weight is 246 g/mol. The predicted molar refractivity (Wildman–Crippen MR) is 79.6 cm³/mol. The van der Waals surface area contributed by atoms with Crippen molar-refractivity contribution in [2.75, 3.05) is 25.0 Å². The van der Waals surface area contributed by atoms with Gasteiger partial charge in [0.2, 0.25) is 0 Å². The Morgan fingerprint density at radius 2 is 1.83 bits per heavy atom. The summed E-state index contributed by atoms with van der Waals surface area (Å²) >= 11 is 0. The van der Waals surface area contributed by atoms with E-state index in [9.17, 15) is 0 Å². The van der Waals surface area contributed by atoms with Gasteiger partial charge in [0.15, 0.2) is 0 Å². The second-order valence-corrected chi connectivity index (χ2v) is 5.77. The highest BCUT2D eigenvalue weighted by molar-refractivity contribution is 5.59. The summed E-state index contributed by atoms with van der Waals surface area (Å²) in [6.07, 6.45) is 4.02. The summed E-state index contributed by atoms with van der Waals surface area (Å²) in [4.78, 5) is 2.42. The van der Waals surface area contributed by atoms with Crippen molar-refractivity contribution in [2.45, 2.75) is 46.1 Å². The van der Waals surface area contributed by atoms with Crippen LogP contribution in [0.1, 0.15) is 36.0 Å². The highest BCUT2D eigenvalue weighted by Crippen LogP contribution is 2.26. The first kappa shape index (κ1) is 13.4. The minimum Gasteiger partial charge on any atom is -0.373 e. The van der Waals surface area contributed by atoms with Crippen molar-refractivity contribution in [1.82, 2.24) is 5.32 Å². The van der Waals surface area contributed by atoms with Crippen LogP contribution in [0.2, 0.25) is 0 Å². The molecule has 1 saturated heterocycles. The SMILES string of the molecule is Cc1cc(C)c(N(C)CC2CCCCN2)c(C)c1. The molecule has 1 aliphatic heterocycles. The van der Waals surface area contributed by atoms with Crippen LogP contribution >= 0.6 is 0 Å². The Balaban J connectivity index is 2.10. The zero-order valence-electron chi connectivity index (χ0n) is 12.2. The van der Waals surface area contributed by atoms with Crippen LogP contribution in [0.5, 0.6) is 0 Å². The Morgan fingerprint density at radius 1 is 1.17 bits per heavy atom. The van der Waals surface area contributed by atoms with Crippen molar-refractivity contribution in [2.24, 2.45) is 0 Å². The molecule has 0 amide bonds. The van der Waals surface area contributed by atoms with E-state index < -0.39 is 0 Å². The van der Waals surface area contributed by atoms with Crippen molar-refractivity contribution >= 4 is 5.69 Å². The van der Waals surface area contributed by atoms with Crippen LogP contribution in [-0.4, -0.2) is 26.2 Å². The number of rotatable bonds is 3. The van der Waals surface area contributed by atoms with Crippen molar-refractivity contribution in [3.63, 3.8) is 0 Å². The molecule has 1 heterocycles. The van der Waals surface area contributed by atoms with Crippen LogP contribution < -0.4 is 10.2 Å². The molecule has 0 bridgehead atoms. The third kappa shape index (κ3) is 3.05. The standard InChI is InChI=1S/C16H26N2/c1-12-9-13(2)16(14(3)10-12)18(4)11-15-7-5-6-8-17-15/h9-10,15,17H,5-8,11H2,1-4H3. The number of hydrogen-bond donors (Lipinski definition) is 1. The summed E-state index contributed by atoms with van der Waals surface area (Å²) in [5.74, 6) is 0. The molecule has 1 fully saturated rings. The van der Waals surface area contributed by atoms with E-state index in [2.05, 4.69) is 50.2 Å². The summed E-state index contributed by atoms with van der Waals surface area (Å²) in [5.41, 5.74) is 5.56. The highest BCUT2D eigenvalue weighted by Gasteiger charge is 2.16. The Labute approximate surface area is 111 Å². The number of piperidine rings is 1. The van der Waals surface area contributed by atoms with E-state index in [1.165, 1.54) is 48.2 Å². The number of anilines is 1. The Bertz CT molecular complexity index is 383. The summed E-state index contributed by atoms with van der Waals surface area (Å²) in [6.45, 7) is 8.92. The molecule has 1 N–H and O–H groups in total. The molecule has 1 aliphatic rings. The molecule has 2 nitrogen and oxygen atoms in total. The Kier molecular flexibility index (Phi) is 4.28. The lowest BCUT2D eigenvalue weighted by Crippen LogP contribution is -2.42. The van der Waals surface area contributed by atoms with E-state index >= 15 is 0 Å². The van der Waals surface area contributed by atoms with Gasteiger partial charge in [0.25, 0.3) is 0 Å². The highest BCUT2D eigenvalue weighted by atomic mass is 15.1. The number of likely N-dealkylation sites (N-methyl/N-ethyl adjacent to an activating group) is 1. The van der Waals surface area contributed by atoms with Crippen molar-refractivity contribution in [3.8, 4) is 0 Å². The zero-order valence-corrected chi connectivity index (χ0v) is 12.2. The molecule has 0 spiro atoms. The van der Waals surface area contributed by atoms with Gasteiger partial charge < -0.3 is 10.2 Å². The van der Waals surface area contributed by atoms with E-state index in [0.717, 1.165) is 6.54 Å². The molecule has 1 aromatic rings. The minimum atomic E-state index is 0.656. The van der Waals surface area contributed by atoms with Gasteiger partial charge in [-0.2, -0.15) is 0 Å². The van der Waals surface area contributed by atoms with E-state index in [4.69, 9.17) is 0 Å². The molecular weight excluding hydrogens is 220 g/mol. The second-order valence-electron chi connectivity index (χ2n) is 5.77. The van der Waals surface area contributed by atoms with Gasteiger partial charge >= 0.3 is 0 Å². The van der Waals surface area contributed by atoms with Gasteiger partial charge in [-0.3, -0.25) is 0 Å². The summed E-state index contributed by atoms with van der Waals surface area (Å²) in [6, 6.07) is 5.23. The first-order valence-corrected chi connectivity index (χ1v) is 7.10. The molecular formula is C16H26N2. The van der Waals surface area contributed by atoms with Gasteiger partial charge in [0.1, 0.15) is 0 Å². The smallest absolute Gasteiger partial charge is 0.0423 e. The van der Waals surface area contributed by atoms with Crippen molar-refractivity contribution < 1.29 is 0 Å². The minimum absolute atomic E-state index is 0.656. The van der Waals surface area contributed by atoms with Gasteiger partial charge in [-0.15, -0.1) is 0 Å². The molecule has 1 atom stereocenters. The molecule has 1 aromatic carbocycles. The van der Waals surface area contributed by atoms with Gasteiger partial charge in [-0.05, 0) is 51.3 Å². The fraction of sp³-hybridized carbons (Fsp3) is 0.625. The second kappa shape index (κ2) is 5.75. The third-order valence-electron chi connectivity index (χ3n) is 3.92. The number of aryl methyl sites for hydroxylation is 3. The Hall–Kier alpha value is -1.02. The van der Waals surface area contributed by atoms with Crippen LogP contribution in [0, 0.1) is 20.8 Å². The molecule has 2 heteroatoms. The average Bonchev–Trinajstić information content (AvgIpc) is 2.28. The largest absolute Gasteiger partial charge is 0.373 e. The molecule has 2 rings (SSSR count). The molecule has 0 saturated carbocycles. The fourth-order valence-corrected chi connectivity index (χ4v) is 3.28.